The maximum absolute atomic E-state index is 15.0. The lowest BCUT2D eigenvalue weighted by atomic mass is 9.91. The zero-order valence-electron chi connectivity index (χ0n) is 15.1. The molecule has 1 aromatic heterocycles. The Kier molecular flexibility index (Phi) is 4.62. The highest BCUT2D eigenvalue weighted by Gasteiger charge is 2.36. The Morgan fingerprint density at radius 2 is 1.88 bits per heavy atom. The van der Waals surface area contributed by atoms with Gasteiger partial charge >= 0.3 is 0 Å². The second-order valence-electron chi connectivity index (χ2n) is 7.79. The molecule has 1 aliphatic heterocycles. The highest BCUT2D eigenvalue weighted by molar-refractivity contribution is 5.81. The van der Waals surface area contributed by atoms with E-state index < -0.39 is 11.1 Å². The lowest BCUT2D eigenvalue weighted by Crippen LogP contribution is -2.50. The van der Waals surface area contributed by atoms with Gasteiger partial charge in [-0.1, -0.05) is 32.9 Å². The second kappa shape index (κ2) is 6.58. The first-order chi connectivity index (χ1) is 11.8. The zero-order valence-corrected chi connectivity index (χ0v) is 15.1. The largest absolute Gasteiger partial charge is 0.355 e. The van der Waals surface area contributed by atoms with Gasteiger partial charge in [0.1, 0.15) is 11.5 Å². The summed E-state index contributed by atoms with van der Waals surface area (Å²) in [6, 6.07) is 7.71. The molecule has 2 aromatic rings. The summed E-state index contributed by atoms with van der Waals surface area (Å²) < 4.78 is 15.0. The van der Waals surface area contributed by atoms with Crippen molar-refractivity contribution in [1.82, 2.24) is 15.3 Å². The predicted molar refractivity (Wildman–Crippen MR) is 97.3 cm³/mol. The minimum absolute atomic E-state index is 0.0698. The predicted octanol–water partition coefficient (Wildman–Crippen LogP) is 3.10. The molecule has 0 unspecified atom stereocenters. The van der Waals surface area contributed by atoms with Crippen LogP contribution in [-0.2, 0) is 4.79 Å². The molecule has 1 amide bonds. The Labute approximate surface area is 147 Å². The van der Waals surface area contributed by atoms with E-state index in [9.17, 15) is 9.18 Å². The van der Waals surface area contributed by atoms with Crippen LogP contribution in [0.2, 0.25) is 0 Å². The number of alkyl halides is 1. The van der Waals surface area contributed by atoms with Crippen LogP contribution in [0.3, 0.4) is 0 Å². The molecule has 1 N–H and O–H groups in total. The lowest BCUT2D eigenvalue weighted by Gasteiger charge is -2.37. The molecule has 0 aliphatic carbocycles. The van der Waals surface area contributed by atoms with Crippen LogP contribution in [0.15, 0.2) is 30.5 Å². The van der Waals surface area contributed by atoms with E-state index in [1.54, 1.807) is 6.20 Å². The number of rotatable bonds is 3. The summed E-state index contributed by atoms with van der Waals surface area (Å²) in [5.41, 5.74) is -0.165. The van der Waals surface area contributed by atoms with Crippen molar-refractivity contribution >= 4 is 22.8 Å². The molecule has 6 heteroatoms. The van der Waals surface area contributed by atoms with Crippen molar-refractivity contribution in [2.24, 2.45) is 5.41 Å². The standard InChI is InChI=1S/C19H25FN4O/c1-18(2,3)17(25)22-13-19(20)8-10-24(11-9-19)16-12-21-14-6-4-5-7-15(14)23-16/h4-7,12H,8-11,13H2,1-3H3,(H,22,25). The van der Waals surface area contributed by atoms with E-state index in [0.29, 0.717) is 25.9 Å². The topological polar surface area (TPSA) is 58.1 Å². The first-order valence-corrected chi connectivity index (χ1v) is 8.71. The number of aromatic nitrogens is 2. The number of nitrogens with one attached hydrogen (secondary N) is 1. The van der Waals surface area contributed by atoms with Crippen LogP contribution >= 0.6 is 0 Å². The van der Waals surface area contributed by atoms with E-state index in [0.717, 1.165) is 16.9 Å². The normalized spacial score (nSPS) is 17.5. The Morgan fingerprint density at radius 3 is 2.52 bits per heavy atom. The average molecular weight is 344 g/mol. The highest BCUT2D eigenvalue weighted by atomic mass is 19.1. The van der Waals surface area contributed by atoms with Gasteiger partial charge in [-0.25, -0.2) is 9.37 Å². The van der Waals surface area contributed by atoms with E-state index in [1.165, 1.54) is 0 Å². The number of carbonyl (C=O) groups excluding carboxylic acids is 1. The maximum Gasteiger partial charge on any atom is 0.225 e. The number of nitrogens with zero attached hydrogens (tertiary/aromatic N) is 3. The molecule has 1 saturated heterocycles. The number of para-hydroxylation sites is 2. The van der Waals surface area contributed by atoms with Crippen molar-refractivity contribution in [1.29, 1.82) is 0 Å². The molecule has 0 bridgehead atoms. The zero-order chi connectivity index (χ0) is 18.1. The smallest absolute Gasteiger partial charge is 0.225 e. The van der Waals surface area contributed by atoms with Crippen LogP contribution < -0.4 is 10.2 Å². The van der Waals surface area contributed by atoms with E-state index in [2.05, 4.69) is 20.2 Å². The quantitative estimate of drug-likeness (QED) is 0.929. The SMILES string of the molecule is CC(C)(C)C(=O)NCC1(F)CCN(c2cnc3ccccc3n2)CC1. The minimum Gasteiger partial charge on any atom is -0.355 e. The van der Waals surface area contributed by atoms with E-state index in [1.807, 2.05) is 45.0 Å². The summed E-state index contributed by atoms with van der Waals surface area (Å²) in [7, 11) is 0. The molecular weight excluding hydrogens is 319 g/mol. The lowest BCUT2D eigenvalue weighted by molar-refractivity contribution is -0.129. The molecule has 0 atom stereocenters. The van der Waals surface area contributed by atoms with Gasteiger partial charge in [-0.05, 0) is 12.1 Å². The van der Waals surface area contributed by atoms with Crippen molar-refractivity contribution in [3.05, 3.63) is 30.5 Å². The summed E-state index contributed by atoms with van der Waals surface area (Å²) in [5, 5.41) is 2.75. The molecule has 0 spiro atoms. The molecule has 25 heavy (non-hydrogen) atoms. The van der Waals surface area contributed by atoms with Crippen molar-refractivity contribution < 1.29 is 9.18 Å². The third-order valence-electron chi connectivity index (χ3n) is 4.67. The van der Waals surface area contributed by atoms with Crippen LogP contribution in [0.4, 0.5) is 10.2 Å². The van der Waals surface area contributed by atoms with Crippen LogP contribution in [0.1, 0.15) is 33.6 Å². The van der Waals surface area contributed by atoms with Gasteiger partial charge in [0, 0.05) is 31.3 Å². The van der Waals surface area contributed by atoms with Gasteiger partial charge in [-0.3, -0.25) is 9.78 Å². The number of hydrogen-bond acceptors (Lipinski definition) is 4. The fraction of sp³-hybridized carbons (Fsp3) is 0.526. The first-order valence-electron chi connectivity index (χ1n) is 8.71. The number of amides is 1. The highest BCUT2D eigenvalue weighted by Crippen LogP contribution is 2.29. The molecule has 134 valence electrons. The third kappa shape index (κ3) is 4.06. The summed E-state index contributed by atoms with van der Waals surface area (Å²) in [6.45, 7) is 6.68. The van der Waals surface area contributed by atoms with Crippen molar-refractivity contribution in [3.63, 3.8) is 0 Å². The number of benzene rings is 1. The number of piperidine rings is 1. The maximum atomic E-state index is 15.0. The van der Waals surface area contributed by atoms with Crippen molar-refractivity contribution in [3.8, 4) is 0 Å². The van der Waals surface area contributed by atoms with Crippen LogP contribution in [0.25, 0.3) is 11.0 Å². The molecule has 0 radical (unpaired) electrons. The van der Waals surface area contributed by atoms with Gasteiger partial charge in [0.15, 0.2) is 0 Å². The molecule has 3 rings (SSSR count). The van der Waals surface area contributed by atoms with Crippen LogP contribution in [0.5, 0.6) is 0 Å². The van der Waals surface area contributed by atoms with Gasteiger partial charge in [-0.15, -0.1) is 0 Å². The Balaban J connectivity index is 1.61. The Morgan fingerprint density at radius 1 is 1.24 bits per heavy atom. The molecule has 2 heterocycles. The van der Waals surface area contributed by atoms with Crippen molar-refractivity contribution in [2.45, 2.75) is 39.3 Å². The molecule has 5 nitrogen and oxygen atoms in total. The summed E-state index contributed by atoms with van der Waals surface area (Å²) in [6.07, 6.45) is 2.48. The molecule has 1 fully saturated rings. The number of carbonyl (C=O) groups is 1. The summed E-state index contributed by atoms with van der Waals surface area (Å²) >= 11 is 0. The molecule has 1 aliphatic rings. The van der Waals surface area contributed by atoms with Gasteiger partial charge in [0.2, 0.25) is 5.91 Å². The molecule has 1 aromatic carbocycles. The van der Waals surface area contributed by atoms with Gasteiger partial charge in [-0.2, -0.15) is 0 Å². The fourth-order valence-electron chi connectivity index (χ4n) is 2.92. The molecular formula is C19H25FN4O. The number of fused-ring (bicyclic) bond motifs is 1. The van der Waals surface area contributed by atoms with Gasteiger partial charge < -0.3 is 10.2 Å². The monoisotopic (exact) mass is 344 g/mol. The van der Waals surface area contributed by atoms with Crippen LogP contribution in [0, 0.1) is 5.41 Å². The summed E-state index contributed by atoms with van der Waals surface area (Å²) in [5.74, 6) is 0.659. The fourth-order valence-corrected chi connectivity index (χ4v) is 2.92. The minimum atomic E-state index is -1.36. The average Bonchev–Trinajstić information content (AvgIpc) is 2.59. The number of hydrogen-bond donors (Lipinski definition) is 1. The van der Waals surface area contributed by atoms with E-state index in [4.69, 9.17) is 0 Å². The Bertz CT molecular complexity index is 763. The van der Waals surface area contributed by atoms with Gasteiger partial charge in [0.25, 0.3) is 0 Å². The van der Waals surface area contributed by atoms with Crippen LogP contribution in [-0.4, -0.2) is 41.2 Å². The van der Waals surface area contributed by atoms with E-state index in [-0.39, 0.29) is 12.5 Å². The molecule has 0 saturated carbocycles. The second-order valence-corrected chi connectivity index (χ2v) is 7.79. The van der Waals surface area contributed by atoms with E-state index >= 15 is 0 Å². The first kappa shape index (κ1) is 17.6. The Hall–Kier alpha value is -2.24. The number of anilines is 1. The summed E-state index contributed by atoms with van der Waals surface area (Å²) in [4.78, 5) is 23.1. The third-order valence-corrected chi connectivity index (χ3v) is 4.67. The number of halogens is 1. The van der Waals surface area contributed by atoms with Crippen molar-refractivity contribution in [2.75, 3.05) is 24.5 Å². The van der Waals surface area contributed by atoms with Gasteiger partial charge in [0.05, 0.1) is 23.8 Å².